The van der Waals surface area contributed by atoms with E-state index in [0.717, 1.165) is 21.1 Å². The van der Waals surface area contributed by atoms with Crippen molar-refractivity contribution in [2.75, 3.05) is 0 Å². The molecule has 0 spiro atoms. The van der Waals surface area contributed by atoms with Gasteiger partial charge in [0.2, 0.25) is 0 Å². The predicted molar refractivity (Wildman–Crippen MR) is 63.8 cm³/mol. The molecule has 0 saturated carbocycles. The Labute approximate surface area is 96.5 Å². The lowest BCUT2D eigenvalue weighted by Gasteiger charge is -2.04. The number of fused-ring (bicyclic) bond motifs is 1. The molecule has 1 aromatic carbocycles. The number of aromatic nitrogens is 1. The fraction of sp³-hybridized carbons (Fsp3) is 0.167. The zero-order chi connectivity index (χ0) is 10.8. The van der Waals surface area contributed by atoms with Crippen molar-refractivity contribution in [2.24, 2.45) is 0 Å². The summed E-state index contributed by atoms with van der Waals surface area (Å²) in [5.74, 6) is 0.146. The lowest BCUT2D eigenvalue weighted by Crippen LogP contribution is -1.98. The molecule has 1 aromatic heterocycles. The van der Waals surface area contributed by atoms with Crippen molar-refractivity contribution < 1.29 is 4.79 Å². The molecule has 0 saturated heterocycles. The second kappa shape index (κ2) is 4.11. The van der Waals surface area contributed by atoms with Crippen molar-refractivity contribution in [2.45, 2.75) is 13.3 Å². The Morgan fingerprint density at radius 3 is 2.87 bits per heavy atom. The quantitative estimate of drug-likeness (QED) is 0.780. The van der Waals surface area contributed by atoms with Crippen molar-refractivity contribution in [3.05, 3.63) is 40.5 Å². The first-order chi connectivity index (χ1) is 7.16. The Morgan fingerprint density at radius 2 is 2.13 bits per heavy atom. The average molecular weight is 264 g/mol. The molecule has 0 unspecified atom stereocenters. The lowest BCUT2D eigenvalue weighted by molar-refractivity contribution is -0.116. The van der Waals surface area contributed by atoms with Crippen LogP contribution in [0.25, 0.3) is 10.9 Å². The summed E-state index contributed by atoms with van der Waals surface area (Å²) >= 11 is 3.38. The van der Waals surface area contributed by atoms with E-state index in [1.165, 1.54) is 0 Å². The normalized spacial score (nSPS) is 10.5. The maximum absolute atomic E-state index is 11.1. The van der Waals surface area contributed by atoms with Crippen LogP contribution in [0.1, 0.15) is 12.5 Å². The zero-order valence-corrected chi connectivity index (χ0v) is 9.91. The summed E-state index contributed by atoms with van der Waals surface area (Å²) in [6, 6.07) is 9.88. The Bertz CT molecular complexity index is 522. The second-order valence-electron chi connectivity index (χ2n) is 3.51. The van der Waals surface area contributed by atoms with Gasteiger partial charge in [-0.1, -0.05) is 18.2 Å². The van der Waals surface area contributed by atoms with Crippen molar-refractivity contribution in [1.82, 2.24) is 4.98 Å². The highest BCUT2D eigenvalue weighted by molar-refractivity contribution is 9.10. The highest BCUT2D eigenvalue weighted by Gasteiger charge is 2.06. The molecule has 0 radical (unpaired) electrons. The molecule has 76 valence electrons. The van der Waals surface area contributed by atoms with Gasteiger partial charge in [0.1, 0.15) is 10.4 Å². The summed E-state index contributed by atoms with van der Waals surface area (Å²) in [5.41, 5.74) is 1.89. The van der Waals surface area contributed by atoms with E-state index in [1.54, 1.807) is 6.92 Å². The van der Waals surface area contributed by atoms with E-state index >= 15 is 0 Å². The first-order valence-electron chi connectivity index (χ1n) is 4.70. The molecular formula is C12H10BrNO. The molecule has 0 aliphatic rings. The zero-order valence-electron chi connectivity index (χ0n) is 8.33. The molecule has 1 heterocycles. The summed E-state index contributed by atoms with van der Waals surface area (Å²) in [6.07, 6.45) is 0.429. The Morgan fingerprint density at radius 1 is 1.40 bits per heavy atom. The minimum Gasteiger partial charge on any atom is -0.300 e. The van der Waals surface area contributed by atoms with Crippen LogP contribution in [-0.4, -0.2) is 10.8 Å². The monoisotopic (exact) mass is 263 g/mol. The number of hydrogen-bond donors (Lipinski definition) is 0. The third-order valence-corrected chi connectivity index (χ3v) is 2.88. The van der Waals surface area contributed by atoms with Crippen LogP contribution in [0.15, 0.2) is 34.9 Å². The van der Waals surface area contributed by atoms with Crippen LogP contribution in [0.5, 0.6) is 0 Å². The number of ketones is 1. The molecule has 0 bridgehead atoms. The summed E-state index contributed by atoms with van der Waals surface area (Å²) in [5, 5.41) is 1.07. The van der Waals surface area contributed by atoms with Gasteiger partial charge in [0.25, 0.3) is 0 Å². The van der Waals surface area contributed by atoms with Gasteiger partial charge in [-0.15, -0.1) is 0 Å². The molecule has 0 fully saturated rings. The number of benzene rings is 1. The number of para-hydroxylation sites is 1. The van der Waals surface area contributed by atoms with Gasteiger partial charge in [-0.05, 0) is 40.5 Å². The summed E-state index contributed by atoms with van der Waals surface area (Å²) < 4.78 is 0.761. The van der Waals surface area contributed by atoms with Crippen LogP contribution < -0.4 is 0 Å². The predicted octanol–water partition coefficient (Wildman–Crippen LogP) is 3.13. The molecule has 3 heteroatoms. The number of carbonyl (C=O) groups is 1. The smallest absolute Gasteiger partial charge is 0.134 e. The average Bonchev–Trinajstić information content (AvgIpc) is 2.18. The number of hydrogen-bond acceptors (Lipinski definition) is 2. The number of carbonyl (C=O) groups excluding carboxylic acids is 1. The third-order valence-electron chi connectivity index (χ3n) is 2.19. The highest BCUT2D eigenvalue weighted by atomic mass is 79.9. The topological polar surface area (TPSA) is 30.0 Å². The van der Waals surface area contributed by atoms with E-state index < -0.39 is 0 Å². The van der Waals surface area contributed by atoms with E-state index in [-0.39, 0.29) is 5.78 Å². The number of pyridine rings is 1. The lowest BCUT2D eigenvalue weighted by atomic mass is 10.1. The fourth-order valence-corrected chi connectivity index (χ4v) is 1.97. The van der Waals surface area contributed by atoms with E-state index in [1.807, 2.05) is 30.3 Å². The van der Waals surface area contributed by atoms with Crippen LogP contribution in [0, 0.1) is 0 Å². The second-order valence-corrected chi connectivity index (χ2v) is 4.26. The minimum atomic E-state index is 0.146. The number of rotatable bonds is 2. The van der Waals surface area contributed by atoms with Crippen LogP contribution >= 0.6 is 15.9 Å². The van der Waals surface area contributed by atoms with Crippen LogP contribution in [-0.2, 0) is 11.2 Å². The van der Waals surface area contributed by atoms with Crippen LogP contribution in [0.2, 0.25) is 0 Å². The van der Waals surface area contributed by atoms with Crippen molar-refractivity contribution in [1.29, 1.82) is 0 Å². The molecule has 0 aliphatic heterocycles. The first kappa shape index (κ1) is 10.3. The number of nitrogens with zero attached hydrogens (tertiary/aromatic N) is 1. The Hall–Kier alpha value is -1.22. The summed E-state index contributed by atoms with van der Waals surface area (Å²) in [4.78, 5) is 15.4. The highest BCUT2D eigenvalue weighted by Crippen LogP contribution is 2.21. The molecule has 0 atom stereocenters. The van der Waals surface area contributed by atoms with Gasteiger partial charge in [0, 0.05) is 11.8 Å². The van der Waals surface area contributed by atoms with Crippen LogP contribution in [0.4, 0.5) is 0 Å². The van der Waals surface area contributed by atoms with E-state index in [0.29, 0.717) is 6.42 Å². The standard InChI is InChI=1S/C12H10BrNO/c1-8(15)6-10-7-9-4-2-3-5-11(9)14-12(10)13/h2-5,7H,6H2,1H3. The van der Waals surface area contributed by atoms with Gasteiger partial charge < -0.3 is 0 Å². The maximum atomic E-state index is 11.1. The van der Waals surface area contributed by atoms with Gasteiger partial charge in [-0.3, -0.25) is 4.79 Å². The van der Waals surface area contributed by atoms with Gasteiger partial charge >= 0.3 is 0 Å². The fourth-order valence-electron chi connectivity index (χ4n) is 1.53. The number of Topliss-reactive ketones (excluding diaryl/α,β-unsaturated/α-hetero) is 1. The Kier molecular flexibility index (Phi) is 2.82. The molecule has 0 aliphatic carbocycles. The number of halogens is 1. The molecule has 2 rings (SSSR count). The SMILES string of the molecule is CC(=O)Cc1cc2ccccc2nc1Br. The molecule has 0 N–H and O–H groups in total. The van der Waals surface area contributed by atoms with Crippen molar-refractivity contribution in [3.63, 3.8) is 0 Å². The first-order valence-corrected chi connectivity index (χ1v) is 5.50. The maximum Gasteiger partial charge on any atom is 0.134 e. The minimum absolute atomic E-state index is 0.146. The van der Waals surface area contributed by atoms with Crippen LogP contribution in [0.3, 0.4) is 0 Å². The van der Waals surface area contributed by atoms with E-state index in [2.05, 4.69) is 20.9 Å². The molecular weight excluding hydrogens is 254 g/mol. The summed E-state index contributed by atoms with van der Waals surface area (Å²) in [6.45, 7) is 1.58. The van der Waals surface area contributed by atoms with Crippen molar-refractivity contribution in [3.8, 4) is 0 Å². The van der Waals surface area contributed by atoms with Gasteiger partial charge in [0.15, 0.2) is 0 Å². The summed E-state index contributed by atoms with van der Waals surface area (Å²) in [7, 11) is 0. The van der Waals surface area contributed by atoms with E-state index in [4.69, 9.17) is 0 Å². The third kappa shape index (κ3) is 2.23. The largest absolute Gasteiger partial charge is 0.300 e. The van der Waals surface area contributed by atoms with Crippen molar-refractivity contribution >= 4 is 32.6 Å². The molecule has 2 nitrogen and oxygen atoms in total. The Balaban J connectivity index is 2.56. The van der Waals surface area contributed by atoms with E-state index in [9.17, 15) is 4.79 Å². The molecule has 0 amide bonds. The van der Waals surface area contributed by atoms with Gasteiger partial charge in [0.05, 0.1) is 5.52 Å². The van der Waals surface area contributed by atoms with Gasteiger partial charge in [-0.2, -0.15) is 0 Å². The molecule has 15 heavy (non-hydrogen) atoms. The van der Waals surface area contributed by atoms with Gasteiger partial charge in [-0.25, -0.2) is 4.98 Å². The molecule has 2 aromatic rings.